The lowest BCUT2D eigenvalue weighted by Crippen LogP contribution is -2.11. The summed E-state index contributed by atoms with van der Waals surface area (Å²) in [6, 6.07) is 73.4. The van der Waals surface area contributed by atoms with E-state index >= 15 is 0 Å². The molecule has 0 atom stereocenters. The molecule has 0 N–H and O–H groups in total. The molecule has 11 rings (SSSR count). The molecule has 0 aliphatic rings. The smallest absolute Gasteiger partial charge is 0.0555 e. The zero-order valence-corrected chi connectivity index (χ0v) is 31.4. The van der Waals surface area contributed by atoms with Gasteiger partial charge in [-0.3, -0.25) is 0 Å². The van der Waals surface area contributed by atoms with Crippen LogP contribution in [0.25, 0.3) is 84.5 Å². The normalized spacial score (nSPS) is 11.6. The van der Waals surface area contributed by atoms with Crippen molar-refractivity contribution in [1.29, 1.82) is 0 Å². The van der Waals surface area contributed by atoms with Crippen LogP contribution in [0.1, 0.15) is 0 Å². The first-order valence-corrected chi connectivity index (χ1v) is 20.3. The van der Waals surface area contributed by atoms with E-state index in [2.05, 4.69) is 205 Å². The van der Waals surface area contributed by atoms with Crippen LogP contribution in [-0.2, 0) is 0 Å². The Balaban J connectivity index is 1.16. The summed E-state index contributed by atoms with van der Waals surface area (Å²) in [5.74, 6) is 0. The number of anilines is 3. The van der Waals surface area contributed by atoms with Crippen LogP contribution in [0.3, 0.4) is 0 Å². The van der Waals surface area contributed by atoms with Crippen LogP contribution in [0.2, 0.25) is 0 Å². The van der Waals surface area contributed by atoms with E-state index in [1.165, 1.54) is 90.2 Å². The summed E-state index contributed by atoms with van der Waals surface area (Å²) in [5.41, 5.74) is 10.8. The van der Waals surface area contributed by atoms with Crippen LogP contribution in [-0.4, -0.2) is 0 Å². The third-order valence-electron chi connectivity index (χ3n) is 10.9. The number of rotatable bonds is 6. The monoisotopic (exact) mass is 735 g/mol. The van der Waals surface area contributed by atoms with Crippen molar-refractivity contribution in [3.8, 4) is 33.4 Å². The highest BCUT2D eigenvalue weighted by Gasteiger charge is 2.23. The van der Waals surface area contributed by atoms with Gasteiger partial charge < -0.3 is 4.90 Å². The SMILES string of the molecule is c1ccc(-c2cccc3cccc(-c4ccccc4N(c4ccc(-c5cccc6sc7ccccc7c56)cc4)c4cccc5sc6ccccc6c45)c23)cc1. The lowest BCUT2D eigenvalue weighted by molar-refractivity contribution is 1.30. The maximum Gasteiger partial charge on any atom is 0.0555 e. The van der Waals surface area contributed by atoms with Gasteiger partial charge in [-0.2, -0.15) is 0 Å². The molecule has 55 heavy (non-hydrogen) atoms. The number of hydrogen-bond donors (Lipinski definition) is 0. The summed E-state index contributed by atoms with van der Waals surface area (Å²) in [4.78, 5) is 2.49. The van der Waals surface area contributed by atoms with E-state index in [9.17, 15) is 0 Å². The molecule has 11 aromatic rings. The molecule has 0 radical (unpaired) electrons. The van der Waals surface area contributed by atoms with Crippen molar-refractivity contribution in [2.45, 2.75) is 0 Å². The van der Waals surface area contributed by atoms with Gasteiger partial charge in [-0.15, -0.1) is 22.7 Å². The number of thiophene rings is 2. The predicted molar refractivity (Wildman–Crippen MR) is 241 cm³/mol. The molecule has 3 heteroatoms. The molecule has 1 nitrogen and oxygen atoms in total. The summed E-state index contributed by atoms with van der Waals surface area (Å²) in [6.45, 7) is 0. The molecular weight excluding hydrogens is 703 g/mol. The van der Waals surface area contributed by atoms with Crippen molar-refractivity contribution in [3.05, 3.63) is 200 Å². The first-order valence-electron chi connectivity index (χ1n) is 18.7. The summed E-state index contributed by atoms with van der Waals surface area (Å²) < 4.78 is 5.22. The lowest BCUT2D eigenvalue weighted by atomic mass is 9.90. The van der Waals surface area contributed by atoms with Gasteiger partial charge in [0.25, 0.3) is 0 Å². The largest absolute Gasteiger partial charge is 0.309 e. The molecule has 0 aliphatic heterocycles. The minimum Gasteiger partial charge on any atom is -0.309 e. The second-order valence-electron chi connectivity index (χ2n) is 14.0. The molecule has 0 saturated carbocycles. The van der Waals surface area contributed by atoms with E-state index < -0.39 is 0 Å². The third-order valence-corrected chi connectivity index (χ3v) is 13.2. The highest BCUT2D eigenvalue weighted by atomic mass is 32.1. The van der Waals surface area contributed by atoms with E-state index in [1.807, 2.05) is 22.7 Å². The van der Waals surface area contributed by atoms with Crippen molar-refractivity contribution >= 4 is 90.9 Å². The van der Waals surface area contributed by atoms with Gasteiger partial charge in [0, 0.05) is 51.6 Å². The third kappa shape index (κ3) is 5.27. The Morgan fingerprint density at radius 3 is 1.53 bits per heavy atom. The van der Waals surface area contributed by atoms with Gasteiger partial charge >= 0.3 is 0 Å². The Bertz CT molecular complexity index is 3200. The number of nitrogens with zero attached hydrogens (tertiary/aromatic N) is 1. The van der Waals surface area contributed by atoms with Crippen molar-refractivity contribution in [2.24, 2.45) is 0 Å². The Labute approximate surface area is 327 Å². The fraction of sp³-hybridized carbons (Fsp3) is 0. The summed E-state index contributed by atoms with van der Waals surface area (Å²) in [6.07, 6.45) is 0. The van der Waals surface area contributed by atoms with Gasteiger partial charge in [0.2, 0.25) is 0 Å². The zero-order valence-electron chi connectivity index (χ0n) is 29.8. The average molecular weight is 736 g/mol. The van der Waals surface area contributed by atoms with Gasteiger partial charge in [-0.1, -0.05) is 152 Å². The highest BCUT2D eigenvalue weighted by Crippen LogP contribution is 2.49. The lowest BCUT2D eigenvalue weighted by Gasteiger charge is -2.29. The van der Waals surface area contributed by atoms with Crippen molar-refractivity contribution in [3.63, 3.8) is 0 Å². The van der Waals surface area contributed by atoms with Crippen molar-refractivity contribution in [1.82, 2.24) is 0 Å². The van der Waals surface area contributed by atoms with Crippen LogP contribution in [0.15, 0.2) is 200 Å². The Morgan fingerprint density at radius 2 is 0.782 bits per heavy atom. The van der Waals surface area contributed by atoms with Gasteiger partial charge in [0.1, 0.15) is 0 Å². The molecule has 0 spiro atoms. The van der Waals surface area contributed by atoms with E-state index in [-0.39, 0.29) is 0 Å². The number of hydrogen-bond acceptors (Lipinski definition) is 3. The maximum absolute atomic E-state index is 2.49. The maximum atomic E-state index is 2.49. The molecule has 2 aromatic heterocycles. The molecule has 0 saturated heterocycles. The van der Waals surface area contributed by atoms with Crippen molar-refractivity contribution in [2.75, 3.05) is 4.90 Å². The summed E-state index contributed by atoms with van der Waals surface area (Å²) in [7, 11) is 0. The fourth-order valence-corrected chi connectivity index (χ4v) is 10.7. The summed E-state index contributed by atoms with van der Waals surface area (Å²) >= 11 is 3.73. The van der Waals surface area contributed by atoms with Gasteiger partial charge in [-0.25, -0.2) is 0 Å². The second kappa shape index (κ2) is 13.1. The van der Waals surface area contributed by atoms with Gasteiger partial charge in [-0.05, 0) is 87.1 Å². The van der Waals surface area contributed by atoms with E-state index in [0.717, 1.165) is 11.4 Å². The molecule has 0 unspecified atom stereocenters. The molecule has 2 heterocycles. The topological polar surface area (TPSA) is 3.24 Å². The van der Waals surface area contributed by atoms with Crippen LogP contribution < -0.4 is 4.90 Å². The van der Waals surface area contributed by atoms with Crippen LogP contribution in [0, 0.1) is 0 Å². The first-order chi connectivity index (χ1) is 27.3. The van der Waals surface area contributed by atoms with E-state index in [1.54, 1.807) is 0 Å². The van der Waals surface area contributed by atoms with Gasteiger partial charge in [0.15, 0.2) is 0 Å². The Morgan fingerprint density at radius 1 is 0.291 bits per heavy atom. The second-order valence-corrected chi connectivity index (χ2v) is 16.2. The first kappa shape index (κ1) is 32.0. The molecule has 0 aliphatic carbocycles. The molecule has 0 fully saturated rings. The number of para-hydroxylation sites is 1. The predicted octanol–water partition coefficient (Wildman–Crippen LogP) is 16.0. The van der Waals surface area contributed by atoms with Crippen LogP contribution >= 0.6 is 22.7 Å². The minimum absolute atomic E-state index is 1.12. The van der Waals surface area contributed by atoms with Crippen molar-refractivity contribution < 1.29 is 0 Å². The molecular formula is C52H33NS2. The standard InChI is InChI=1S/C52H33NS2/c1-2-14-34(15-3-1)38-21-10-16-36-17-11-23-41(50(36)38)40-18-4-7-24-44(40)53(45-25-13-29-49-52(45)43-20-6-9-27-47(43)55-49)37-32-30-35(31-33-37)39-22-12-28-48-51(39)42-19-5-8-26-46(42)54-48/h1-33H. The van der Waals surface area contributed by atoms with Crippen LogP contribution in [0.4, 0.5) is 17.1 Å². The highest BCUT2D eigenvalue weighted by molar-refractivity contribution is 7.26. The minimum atomic E-state index is 1.12. The molecule has 0 amide bonds. The van der Waals surface area contributed by atoms with E-state index in [4.69, 9.17) is 0 Å². The molecule has 0 bridgehead atoms. The Kier molecular flexibility index (Phi) is 7.61. The Hall–Kier alpha value is -6.52. The summed E-state index contributed by atoms with van der Waals surface area (Å²) in [5, 5.41) is 7.69. The average Bonchev–Trinajstić information content (AvgIpc) is 3.83. The van der Waals surface area contributed by atoms with Gasteiger partial charge in [0.05, 0.1) is 11.4 Å². The molecule has 258 valence electrons. The fourth-order valence-electron chi connectivity index (χ4n) is 8.48. The molecule has 9 aromatic carbocycles. The number of benzene rings is 9. The van der Waals surface area contributed by atoms with Crippen LogP contribution in [0.5, 0.6) is 0 Å². The van der Waals surface area contributed by atoms with E-state index in [0.29, 0.717) is 0 Å². The number of fused-ring (bicyclic) bond motifs is 7. The zero-order chi connectivity index (χ0) is 36.3. The quantitative estimate of drug-likeness (QED) is 0.164.